The molecule has 1 fully saturated rings. The molecule has 1 heterocycles. The van der Waals surface area contributed by atoms with E-state index in [2.05, 4.69) is 15.6 Å². The van der Waals surface area contributed by atoms with Gasteiger partial charge in [-0.2, -0.15) is 0 Å². The van der Waals surface area contributed by atoms with E-state index in [0.717, 1.165) is 19.6 Å². The van der Waals surface area contributed by atoms with Crippen molar-refractivity contribution in [3.05, 3.63) is 0 Å². The second kappa shape index (κ2) is 5.95. The molecular formula is C9H20N4O. The average Bonchev–Trinajstić information content (AvgIpc) is 2.19. The Morgan fingerprint density at radius 3 is 3.07 bits per heavy atom. The number of carbonyl (C=O) groups is 1. The Hall–Kier alpha value is -0.650. The maximum atomic E-state index is 11.1. The van der Waals surface area contributed by atoms with E-state index in [-0.39, 0.29) is 5.91 Å². The van der Waals surface area contributed by atoms with Gasteiger partial charge in [0.1, 0.15) is 0 Å². The van der Waals surface area contributed by atoms with E-state index < -0.39 is 0 Å². The highest BCUT2D eigenvalue weighted by atomic mass is 16.2. The van der Waals surface area contributed by atoms with Crippen molar-refractivity contribution in [3.8, 4) is 0 Å². The molecule has 5 heteroatoms. The van der Waals surface area contributed by atoms with Crippen LogP contribution in [-0.4, -0.2) is 44.0 Å². The summed E-state index contributed by atoms with van der Waals surface area (Å²) < 4.78 is 0. The summed E-state index contributed by atoms with van der Waals surface area (Å²) in [5.41, 5.74) is 2.16. The number of hydrogen-bond acceptors (Lipinski definition) is 4. The van der Waals surface area contributed by atoms with Gasteiger partial charge in [0.05, 0.1) is 6.54 Å². The summed E-state index contributed by atoms with van der Waals surface area (Å²) in [6, 6.07) is 0. The van der Waals surface area contributed by atoms with Crippen LogP contribution in [0.2, 0.25) is 0 Å². The second-order valence-electron chi connectivity index (χ2n) is 3.87. The van der Waals surface area contributed by atoms with Crippen molar-refractivity contribution in [2.75, 3.05) is 33.2 Å². The van der Waals surface area contributed by atoms with E-state index in [1.54, 1.807) is 0 Å². The highest BCUT2D eigenvalue weighted by Gasteiger charge is 2.20. The van der Waals surface area contributed by atoms with Crippen LogP contribution in [0.15, 0.2) is 0 Å². The molecule has 0 aliphatic carbocycles. The fourth-order valence-electron chi connectivity index (χ4n) is 2.00. The second-order valence-corrected chi connectivity index (χ2v) is 3.87. The molecule has 1 rings (SSSR count). The molecule has 0 aromatic carbocycles. The number of amides is 1. The fraction of sp³-hybridized carbons (Fsp3) is 0.889. The summed E-state index contributed by atoms with van der Waals surface area (Å²) in [5.74, 6) is 5.61. The SMILES string of the molecule is CNCC1CCCN(CC(=O)NN)C1. The standard InChI is InChI=1S/C9H20N4O/c1-11-5-8-3-2-4-13(6-8)7-9(14)12-10/h8,11H,2-7,10H2,1H3,(H,12,14). The molecule has 0 spiro atoms. The molecule has 1 aliphatic heterocycles. The van der Waals surface area contributed by atoms with Crippen LogP contribution in [-0.2, 0) is 4.79 Å². The lowest BCUT2D eigenvalue weighted by Gasteiger charge is -2.31. The first-order valence-electron chi connectivity index (χ1n) is 5.12. The minimum Gasteiger partial charge on any atom is -0.319 e. The third-order valence-corrected chi connectivity index (χ3v) is 2.62. The molecule has 1 aliphatic rings. The van der Waals surface area contributed by atoms with Gasteiger partial charge in [-0.3, -0.25) is 15.1 Å². The van der Waals surface area contributed by atoms with Crippen LogP contribution in [0.4, 0.5) is 0 Å². The lowest BCUT2D eigenvalue weighted by molar-refractivity contribution is -0.122. The van der Waals surface area contributed by atoms with Crippen molar-refractivity contribution in [2.45, 2.75) is 12.8 Å². The van der Waals surface area contributed by atoms with Crippen molar-refractivity contribution in [1.82, 2.24) is 15.6 Å². The van der Waals surface area contributed by atoms with Crippen molar-refractivity contribution < 1.29 is 4.79 Å². The van der Waals surface area contributed by atoms with Gasteiger partial charge in [0.15, 0.2) is 0 Å². The summed E-state index contributed by atoms with van der Waals surface area (Å²) in [6.07, 6.45) is 2.42. The Labute approximate surface area is 85.0 Å². The third kappa shape index (κ3) is 3.61. The number of piperidine rings is 1. The van der Waals surface area contributed by atoms with Crippen molar-refractivity contribution in [1.29, 1.82) is 0 Å². The smallest absolute Gasteiger partial charge is 0.248 e. The predicted molar refractivity (Wildman–Crippen MR) is 55.4 cm³/mol. The predicted octanol–water partition coefficient (Wildman–Crippen LogP) is -1.09. The number of carbonyl (C=O) groups excluding carboxylic acids is 1. The van der Waals surface area contributed by atoms with E-state index in [4.69, 9.17) is 5.84 Å². The Kier molecular flexibility index (Phi) is 4.86. The number of likely N-dealkylation sites (tertiary alicyclic amines) is 1. The van der Waals surface area contributed by atoms with Crippen LogP contribution in [0.1, 0.15) is 12.8 Å². The molecule has 1 saturated heterocycles. The van der Waals surface area contributed by atoms with Gasteiger partial charge in [0.25, 0.3) is 0 Å². The van der Waals surface area contributed by atoms with Gasteiger partial charge in [0, 0.05) is 6.54 Å². The first-order valence-corrected chi connectivity index (χ1v) is 5.12. The summed E-state index contributed by atoms with van der Waals surface area (Å²) in [6.45, 7) is 3.46. The lowest BCUT2D eigenvalue weighted by atomic mass is 9.98. The summed E-state index contributed by atoms with van der Waals surface area (Å²) in [5, 5.41) is 3.17. The molecule has 0 aromatic heterocycles. The molecule has 1 unspecified atom stereocenters. The molecule has 0 radical (unpaired) electrons. The number of hydrogen-bond donors (Lipinski definition) is 3. The molecule has 0 bridgehead atoms. The van der Waals surface area contributed by atoms with Crippen LogP contribution in [0.25, 0.3) is 0 Å². The highest BCUT2D eigenvalue weighted by Crippen LogP contribution is 2.14. The molecule has 0 saturated carbocycles. The largest absolute Gasteiger partial charge is 0.319 e. The van der Waals surface area contributed by atoms with Crippen molar-refractivity contribution in [3.63, 3.8) is 0 Å². The van der Waals surface area contributed by atoms with Crippen LogP contribution < -0.4 is 16.6 Å². The van der Waals surface area contributed by atoms with Crippen molar-refractivity contribution in [2.24, 2.45) is 11.8 Å². The zero-order chi connectivity index (χ0) is 10.4. The molecular weight excluding hydrogens is 180 g/mol. The molecule has 4 N–H and O–H groups in total. The van der Waals surface area contributed by atoms with Crippen LogP contribution in [0.5, 0.6) is 0 Å². The molecule has 5 nitrogen and oxygen atoms in total. The van der Waals surface area contributed by atoms with E-state index in [1.807, 2.05) is 7.05 Å². The van der Waals surface area contributed by atoms with E-state index in [9.17, 15) is 4.79 Å². The highest BCUT2D eigenvalue weighted by molar-refractivity contribution is 5.77. The minimum atomic E-state index is -0.102. The van der Waals surface area contributed by atoms with E-state index in [1.165, 1.54) is 12.8 Å². The molecule has 82 valence electrons. The molecule has 0 aromatic rings. The first kappa shape index (κ1) is 11.4. The normalized spacial score (nSPS) is 23.4. The maximum absolute atomic E-state index is 11.1. The fourth-order valence-corrected chi connectivity index (χ4v) is 2.00. The van der Waals surface area contributed by atoms with Crippen molar-refractivity contribution >= 4 is 5.91 Å². The number of nitrogens with one attached hydrogen (secondary N) is 2. The molecule has 14 heavy (non-hydrogen) atoms. The number of hydrazine groups is 1. The molecule has 1 atom stereocenters. The average molecular weight is 200 g/mol. The van der Waals surface area contributed by atoms with Gasteiger partial charge in [-0.15, -0.1) is 0 Å². The van der Waals surface area contributed by atoms with Gasteiger partial charge < -0.3 is 5.32 Å². The lowest BCUT2D eigenvalue weighted by Crippen LogP contribution is -2.45. The minimum absolute atomic E-state index is 0.102. The monoisotopic (exact) mass is 200 g/mol. The van der Waals surface area contributed by atoms with Crippen LogP contribution in [0, 0.1) is 5.92 Å². The van der Waals surface area contributed by atoms with Crippen LogP contribution in [0.3, 0.4) is 0 Å². The van der Waals surface area contributed by atoms with E-state index in [0.29, 0.717) is 12.5 Å². The third-order valence-electron chi connectivity index (χ3n) is 2.62. The zero-order valence-electron chi connectivity index (χ0n) is 8.75. The number of rotatable bonds is 4. The van der Waals surface area contributed by atoms with Gasteiger partial charge in [-0.05, 0) is 38.9 Å². The number of nitrogens with two attached hydrogens (primary N) is 1. The van der Waals surface area contributed by atoms with Gasteiger partial charge in [-0.25, -0.2) is 5.84 Å². The Balaban J connectivity index is 2.28. The first-order chi connectivity index (χ1) is 6.76. The quantitative estimate of drug-likeness (QED) is 0.306. The summed E-state index contributed by atoms with van der Waals surface area (Å²) in [4.78, 5) is 13.2. The molecule has 1 amide bonds. The Morgan fingerprint density at radius 2 is 2.43 bits per heavy atom. The number of nitrogens with zero attached hydrogens (tertiary/aromatic N) is 1. The van der Waals surface area contributed by atoms with Gasteiger partial charge >= 0.3 is 0 Å². The Morgan fingerprint density at radius 1 is 1.64 bits per heavy atom. The summed E-state index contributed by atoms with van der Waals surface area (Å²) in [7, 11) is 1.96. The van der Waals surface area contributed by atoms with Gasteiger partial charge in [-0.1, -0.05) is 0 Å². The maximum Gasteiger partial charge on any atom is 0.248 e. The Bertz CT molecular complexity index is 184. The van der Waals surface area contributed by atoms with E-state index >= 15 is 0 Å². The topological polar surface area (TPSA) is 70.4 Å². The van der Waals surface area contributed by atoms with Crippen LogP contribution >= 0.6 is 0 Å². The summed E-state index contributed by atoms with van der Waals surface area (Å²) >= 11 is 0. The zero-order valence-corrected chi connectivity index (χ0v) is 8.75. The van der Waals surface area contributed by atoms with Gasteiger partial charge in [0.2, 0.25) is 5.91 Å².